The van der Waals surface area contributed by atoms with Crippen LogP contribution in [0.15, 0.2) is 42.5 Å². The minimum absolute atomic E-state index is 0.199. The summed E-state index contributed by atoms with van der Waals surface area (Å²) in [6.07, 6.45) is 1.94. The highest BCUT2D eigenvalue weighted by Crippen LogP contribution is 2.22. The molecule has 0 saturated carbocycles. The molecule has 0 radical (unpaired) electrons. The Labute approximate surface area is 123 Å². The first-order valence-electron chi connectivity index (χ1n) is 7.02. The van der Waals surface area contributed by atoms with Gasteiger partial charge in [-0.1, -0.05) is 30.3 Å². The van der Waals surface area contributed by atoms with Crippen LogP contribution in [-0.4, -0.2) is 11.9 Å². The molecular weight excluding hydrogens is 267 g/mol. The average Bonchev–Trinajstić information content (AvgIpc) is 2.88. The van der Waals surface area contributed by atoms with E-state index in [9.17, 15) is 9.18 Å². The second-order valence-corrected chi connectivity index (χ2v) is 5.43. The summed E-state index contributed by atoms with van der Waals surface area (Å²) in [4.78, 5) is 11.0. The molecule has 3 N–H and O–H groups in total. The van der Waals surface area contributed by atoms with Crippen molar-refractivity contribution in [3.05, 3.63) is 70.5 Å². The number of rotatable bonds is 4. The maximum atomic E-state index is 13.9. The molecule has 2 aromatic rings. The van der Waals surface area contributed by atoms with E-state index >= 15 is 0 Å². The second kappa shape index (κ2) is 5.66. The summed E-state index contributed by atoms with van der Waals surface area (Å²) in [7, 11) is 0. The van der Waals surface area contributed by atoms with E-state index in [-0.39, 0.29) is 5.56 Å². The predicted octanol–water partition coefficient (Wildman–Crippen LogP) is 2.18. The monoisotopic (exact) mass is 284 g/mol. The number of hydrogen-bond donors (Lipinski definition) is 2. The van der Waals surface area contributed by atoms with Gasteiger partial charge in [-0.15, -0.1) is 0 Å². The SMILES string of the molecule is NC(=O)c1ccc(CNC2Cc3ccccc3C2)c(F)c1. The number of hydrogen-bond acceptors (Lipinski definition) is 2. The molecule has 0 fully saturated rings. The van der Waals surface area contributed by atoms with Gasteiger partial charge in [0, 0.05) is 23.7 Å². The van der Waals surface area contributed by atoms with Crippen LogP contribution >= 0.6 is 0 Å². The molecule has 3 rings (SSSR count). The molecule has 0 spiro atoms. The lowest BCUT2D eigenvalue weighted by molar-refractivity contribution is 0.1000. The van der Waals surface area contributed by atoms with Crippen LogP contribution in [-0.2, 0) is 19.4 Å². The summed E-state index contributed by atoms with van der Waals surface area (Å²) in [5.41, 5.74) is 8.61. The molecule has 0 unspecified atom stereocenters. The largest absolute Gasteiger partial charge is 0.366 e. The van der Waals surface area contributed by atoms with Crippen molar-refractivity contribution in [1.82, 2.24) is 5.32 Å². The third-order valence-corrected chi connectivity index (χ3v) is 3.97. The Hall–Kier alpha value is -2.20. The van der Waals surface area contributed by atoms with E-state index in [1.54, 1.807) is 12.1 Å². The number of primary amides is 1. The normalized spacial score (nSPS) is 14.1. The number of nitrogens with two attached hydrogens (primary N) is 1. The highest BCUT2D eigenvalue weighted by Gasteiger charge is 2.20. The van der Waals surface area contributed by atoms with Gasteiger partial charge in [-0.2, -0.15) is 0 Å². The topological polar surface area (TPSA) is 55.1 Å². The molecule has 0 atom stereocenters. The molecule has 3 nitrogen and oxygen atoms in total. The van der Waals surface area contributed by atoms with E-state index in [0.717, 1.165) is 12.8 Å². The van der Waals surface area contributed by atoms with Gasteiger partial charge in [-0.25, -0.2) is 4.39 Å². The van der Waals surface area contributed by atoms with E-state index in [0.29, 0.717) is 18.2 Å². The van der Waals surface area contributed by atoms with Crippen LogP contribution in [0.2, 0.25) is 0 Å². The van der Waals surface area contributed by atoms with E-state index in [1.807, 2.05) is 12.1 Å². The van der Waals surface area contributed by atoms with Gasteiger partial charge >= 0.3 is 0 Å². The van der Waals surface area contributed by atoms with Crippen molar-refractivity contribution in [3.8, 4) is 0 Å². The van der Waals surface area contributed by atoms with Gasteiger partial charge in [0.2, 0.25) is 5.91 Å². The number of carbonyl (C=O) groups excluding carboxylic acids is 1. The molecule has 0 aliphatic heterocycles. The minimum Gasteiger partial charge on any atom is -0.366 e. The average molecular weight is 284 g/mol. The highest BCUT2D eigenvalue weighted by atomic mass is 19.1. The molecule has 21 heavy (non-hydrogen) atoms. The summed E-state index contributed by atoms with van der Waals surface area (Å²) in [5.74, 6) is -1.01. The third-order valence-electron chi connectivity index (χ3n) is 3.97. The first kappa shape index (κ1) is 13.8. The van der Waals surface area contributed by atoms with Gasteiger partial charge in [-0.3, -0.25) is 4.79 Å². The number of halogens is 1. The zero-order chi connectivity index (χ0) is 14.8. The quantitative estimate of drug-likeness (QED) is 0.904. The number of carbonyl (C=O) groups is 1. The van der Waals surface area contributed by atoms with Crippen LogP contribution in [0.1, 0.15) is 27.0 Å². The number of fused-ring (bicyclic) bond motifs is 1. The summed E-state index contributed by atoms with van der Waals surface area (Å²) >= 11 is 0. The molecule has 4 heteroatoms. The molecule has 1 aliphatic rings. The first-order valence-corrected chi connectivity index (χ1v) is 7.02. The van der Waals surface area contributed by atoms with Crippen molar-refractivity contribution in [2.75, 3.05) is 0 Å². The molecule has 0 saturated heterocycles. The maximum Gasteiger partial charge on any atom is 0.248 e. The summed E-state index contributed by atoms with van der Waals surface area (Å²) in [6.45, 7) is 0.448. The van der Waals surface area contributed by atoms with Crippen molar-refractivity contribution >= 4 is 5.91 Å². The molecular formula is C17H17FN2O. The summed E-state index contributed by atoms with van der Waals surface area (Å²) in [5, 5.41) is 3.38. The zero-order valence-electron chi connectivity index (χ0n) is 11.6. The Morgan fingerprint density at radius 2 is 1.86 bits per heavy atom. The Kier molecular flexibility index (Phi) is 3.71. The molecule has 0 heterocycles. The Balaban J connectivity index is 1.63. The molecule has 0 aromatic heterocycles. The van der Waals surface area contributed by atoms with Gasteiger partial charge in [0.1, 0.15) is 5.82 Å². The predicted molar refractivity (Wildman–Crippen MR) is 79.4 cm³/mol. The Bertz CT molecular complexity index is 659. The van der Waals surface area contributed by atoms with Crippen LogP contribution in [0.5, 0.6) is 0 Å². The summed E-state index contributed by atoms with van der Waals surface area (Å²) < 4.78 is 13.9. The van der Waals surface area contributed by atoms with Gasteiger partial charge < -0.3 is 11.1 Å². The van der Waals surface area contributed by atoms with Crippen molar-refractivity contribution in [3.63, 3.8) is 0 Å². The highest BCUT2D eigenvalue weighted by molar-refractivity contribution is 5.92. The van der Waals surface area contributed by atoms with E-state index in [2.05, 4.69) is 17.4 Å². The Morgan fingerprint density at radius 1 is 1.19 bits per heavy atom. The second-order valence-electron chi connectivity index (χ2n) is 5.43. The zero-order valence-corrected chi connectivity index (χ0v) is 11.6. The van der Waals surface area contributed by atoms with Gasteiger partial charge in [0.25, 0.3) is 0 Å². The smallest absolute Gasteiger partial charge is 0.248 e. The van der Waals surface area contributed by atoms with Crippen molar-refractivity contribution in [2.24, 2.45) is 5.73 Å². The maximum absolute atomic E-state index is 13.9. The summed E-state index contributed by atoms with van der Waals surface area (Å²) in [6, 6.07) is 13.1. The fourth-order valence-corrected chi connectivity index (χ4v) is 2.80. The number of amides is 1. The van der Waals surface area contributed by atoms with Crippen LogP contribution in [0.4, 0.5) is 4.39 Å². The van der Waals surface area contributed by atoms with E-state index in [4.69, 9.17) is 5.73 Å². The van der Waals surface area contributed by atoms with E-state index in [1.165, 1.54) is 17.2 Å². The fraction of sp³-hybridized carbons (Fsp3) is 0.235. The van der Waals surface area contributed by atoms with Crippen LogP contribution in [0.3, 0.4) is 0 Å². The Morgan fingerprint density at radius 3 is 2.43 bits per heavy atom. The van der Waals surface area contributed by atoms with Crippen LogP contribution in [0.25, 0.3) is 0 Å². The van der Waals surface area contributed by atoms with Gasteiger partial charge in [0.05, 0.1) is 0 Å². The first-order chi connectivity index (χ1) is 10.1. The molecule has 108 valence electrons. The van der Waals surface area contributed by atoms with E-state index < -0.39 is 11.7 Å². The van der Waals surface area contributed by atoms with Gasteiger partial charge in [-0.05, 0) is 36.1 Å². The standard InChI is InChI=1S/C17H17FN2O/c18-16-9-13(17(19)21)5-6-14(16)10-20-15-7-11-3-1-2-4-12(11)8-15/h1-6,9,15,20H,7-8,10H2,(H2,19,21). The van der Waals surface area contributed by atoms with Crippen molar-refractivity contribution < 1.29 is 9.18 Å². The molecule has 2 aromatic carbocycles. The van der Waals surface area contributed by atoms with Crippen LogP contribution in [0, 0.1) is 5.82 Å². The van der Waals surface area contributed by atoms with Gasteiger partial charge in [0.15, 0.2) is 0 Å². The lowest BCUT2D eigenvalue weighted by atomic mass is 10.1. The van der Waals surface area contributed by atoms with Crippen molar-refractivity contribution in [1.29, 1.82) is 0 Å². The van der Waals surface area contributed by atoms with Crippen molar-refractivity contribution in [2.45, 2.75) is 25.4 Å². The molecule has 1 aliphatic carbocycles. The lowest BCUT2D eigenvalue weighted by Crippen LogP contribution is -2.29. The van der Waals surface area contributed by atoms with Crippen LogP contribution < -0.4 is 11.1 Å². The minimum atomic E-state index is -0.611. The molecule has 0 bridgehead atoms. The third kappa shape index (κ3) is 2.95. The lowest BCUT2D eigenvalue weighted by Gasteiger charge is -2.12. The number of nitrogens with one attached hydrogen (secondary N) is 1. The molecule has 1 amide bonds. The number of benzene rings is 2. The fourth-order valence-electron chi connectivity index (χ4n) is 2.80.